The Hall–Kier alpha value is -2.15. The summed E-state index contributed by atoms with van der Waals surface area (Å²) in [5, 5.41) is 19.1. The Balaban J connectivity index is 2.42. The Morgan fingerprint density at radius 2 is 2.25 bits per heavy atom. The molecule has 2 rings (SSSR count). The van der Waals surface area contributed by atoms with Gasteiger partial charge in [-0.15, -0.1) is 5.10 Å². The normalized spacial score (nSPS) is 10.7. The van der Waals surface area contributed by atoms with Crippen LogP contribution in [0.5, 0.6) is 0 Å². The van der Waals surface area contributed by atoms with Crippen molar-refractivity contribution >= 4 is 23.1 Å². The third-order valence-corrected chi connectivity index (χ3v) is 3.31. The summed E-state index contributed by atoms with van der Waals surface area (Å²) >= 11 is 6.06. The van der Waals surface area contributed by atoms with E-state index in [-0.39, 0.29) is 12.2 Å². The van der Waals surface area contributed by atoms with Crippen molar-refractivity contribution in [2.75, 3.05) is 5.73 Å². The van der Waals surface area contributed by atoms with Crippen molar-refractivity contribution in [1.29, 1.82) is 0 Å². The molecule has 20 heavy (non-hydrogen) atoms. The lowest BCUT2D eigenvalue weighted by molar-refractivity contribution is -0.385. The summed E-state index contributed by atoms with van der Waals surface area (Å²) in [7, 11) is 0. The van der Waals surface area contributed by atoms with Gasteiger partial charge in [0.2, 0.25) is 0 Å². The van der Waals surface area contributed by atoms with Crippen molar-refractivity contribution in [1.82, 2.24) is 15.0 Å². The second kappa shape index (κ2) is 5.87. The van der Waals surface area contributed by atoms with Gasteiger partial charge in [-0.2, -0.15) is 0 Å². The van der Waals surface area contributed by atoms with Gasteiger partial charge in [0.1, 0.15) is 0 Å². The molecule has 0 fully saturated rings. The number of aromatic nitrogens is 3. The second-order valence-corrected chi connectivity index (χ2v) is 4.73. The van der Waals surface area contributed by atoms with Gasteiger partial charge in [-0.3, -0.25) is 10.1 Å². The maximum atomic E-state index is 11.1. The van der Waals surface area contributed by atoms with Crippen LogP contribution in [-0.4, -0.2) is 19.9 Å². The van der Waals surface area contributed by atoms with Crippen molar-refractivity contribution in [3.8, 4) is 0 Å². The zero-order chi connectivity index (χ0) is 14.7. The summed E-state index contributed by atoms with van der Waals surface area (Å²) in [5.74, 6) is 0.349. The van der Waals surface area contributed by atoms with Gasteiger partial charge < -0.3 is 5.73 Å². The fourth-order valence-electron chi connectivity index (χ4n) is 1.99. The summed E-state index contributed by atoms with van der Waals surface area (Å²) in [4.78, 5) is 10.6. The van der Waals surface area contributed by atoms with E-state index >= 15 is 0 Å². The molecule has 2 aromatic rings. The topological polar surface area (TPSA) is 99.9 Å². The quantitative estimate of drug-likeness (QED) is 0.674. The molecule has 0 bridgehead atoms. The van der Waals surface area contributed by atoms with Gasteiger partial charge in [-0.05, 0) is 12.5 Å². The third-order valence-electron chi connectivity index (χ3n) is 2.95. The van der Waals surface area contributed by atoms with Crippen LogP contribution in [0.3, 0.4) is 0 Å². The van der Waals surface area contributed by atoms with Gasteiger partial charge in [0.15, 0.2) is 5.82 Å². The standard InChI is InChI=1S/C12H14ClN5O2/c1-2-4-11-12(14)15-16-17(11)7-8-9(13)5-3-6-10(8)18(19)20/h3,5-6H,2,4,7,14H2,1H3. The highest BCUT2D eigenvalue weighted by Gasteiger charge is 2.19. The van der Waals surface area contributed by atoms with Crippen LogP contribution < -0.4 is 5.73 Å². The molecule has 0 unspecified atom stereocenters. The maximum absolute atomic E-state index is 11.1. The molecule has 1 aromatic heterocycles. The highest BCUT2D eigenvalue weighted by molar-refractivity contribution is 6.31. The van der Waals surface area contributed by atoms with E-state index in [0.717, 1.165) is 12.1 Å². The van der Waals surface area contributed by atoms with Crippen molar-refractivity contribution in [2.24, 2.45) is 0 Å². The van der Waals surface area contributed by atoms with Crippen molar-refractivity contribution in [3.63, 3.8) is 0 Å². The number of nitro groups is 1. The molecule has 0 radical (unpaired) electrons. The molecule has 0 aliphatic rings. The molecule has 0 amide bonds. The highest BCUT2D eigenvalue weighted by Crippen LogP contribution is 2.27. The molecule has 0 aliphatic heterocycles. The van der Waals surface area contributed by atoms with Crippen LogP contribution in [0, 0.1) is 10.1 Å². The van der Waals surface area contributed by atoms with E-state index in [4.69, 9.17) is 17.3 Å². The number of benzene rings is 1. The SMILES string of the molecule is CCCc1c(N)nnn1Cc1c(Cl)cccc1[N+](=O)[O-]. The zero-order valence-corrected chi connectivity index (χ0v) is 11.7. The molecule has 8 heteroatoms. The Bertz CT molecular complexity index is 641. The largest absolute Gasteiger partial charge is 0.381 e. The van der Waals surface area contributed by atoms with E-state index < -0.39 is 4.92 Å². The fraction of sp³-hybridized carbons (Fsp3) is 0.333. The first kappa shape index (κ1) is 14.3. The van der Waals surface area contributed by atoms with Crippen LogP contribution >= 0.6 is 11.6 Å². The summed E-state index contributed by atoms with van der Waals surface area (Å²) in [5.41, 5.74) is 6.89. The fourth-order valence-corrected chi connectivity index (χ4v) is 2.22. The van der Waals surface area contributed by atoms with E-state index in [0.29, 0.717) is 22.8 Å². The first-order valence-electron chi connectivity index (χ1n) is 6.14. The predicted octanol–water partition coefficient (Wildman–Crippen LogP) is 2.42. The van der Waals surface area contributed by atoms with Gasteiger partial charge in [0.25, 0.3) is 5.69 Å². The van der Waals surface area contributed by atoms with Crippen LogP contribution in [0.2, 0.25) is 5.02 Å². The van der Waals surface area contributed by atoms with Crippen LogP contribution in [0.25, 0.3) is 0 Å². The Labute approximate surface area is 120 Å². The van der Waals surface area contributed by atoms with E-state index in [1.165, 1.54) is 6.07 Å². The molecule has 0 saturated heterocycles. The number of hydrogen-bond donors (Lipinski definition) is 1. The second-order valence-electron chi connectivity index (χ2n) is 4.32. The minimum atomic E-state index is -0.457. The summed E-state index contributed by atoms with van der Waals surface area (Å²) in [6.45, 7) is 2.18. The van der Waals surface area contributed by atoms with Gasteiger partial charge in [-0.1, -0.05) is 36.2 Å². The Kier molecular flexibility index (Phi) is 4.19. The number of rotatable bonds is 5. The summed E-state index contributed by atoms with van der Waals surface area (Å²) in [6.07, 6.45) is 1.58. The lowest BCUT2D eigenvalue weighted by Gasteiger charge is -2.08. The van der Waals surface area contributed by atoms with Crippen LogP contribution in [0.4, 0.5) is 11.5 Å². The van der Waals surface area contributed by atoms with Crippen molar-refractivity contribution in [3.05, 3.63) is 44.6 Å². The number of nitrogens with two attached hydrogens (primary N) is 1. The first-order chi connectivity index (χ1) is 9.54. The highest BCUT2D eigenvalue weighted by atomic mass is 35.5. The third kappa shape index (κ3) is 2.72. The number of halogens is 1. The van der Waals surface area contributed by atoms with Crippen LogP contribution in [0.1, 0.15) is 24.6 Å². The molecule has 7 nitrogen and oxygen atoms in total. The van der Waals surface area contributed by atoms with Crippen molar-refractivity contribution in [2.45, 2.75) is 26.3 Å². The molecule has 0 atom stereocenters. The molecular formula is C12H14ClN5O2. The lowest BCUT2D eigenvalue weighted by Crippen LogP contribution is -2.09. The number of anilines is 1. The number of nitro benzene ring substituents is 1. The predicted molar refractivity (Wildman–Crippen MR) is 75.6 cm³/mol. The number of hydrogen-bond acceptors (Lipinski definition) is 5. The zero-order valence-electron chi connectivity index (χ0n) is 10.9. The number of nitrogen functional groups attached to an aromatic ring is 1. The van der Waals surface area contributed by atoms with Gasteiger partial charge in [0, 0.05) is 6.07 Å². The summed E-state index contributed by atoms with van der Waals surface area (Å²) < 4.78 is 1.56. The average Bonchev–Trinajstić information content (AvgIpc) is 2.74. The molecule has 2 N–H and O–H groups in total. The Morgan fingerprint density at radius 1 is 1.50 bits per heavy atom. The number of nitrogens with zero attached hydrogens (tertiary/aromatic N) is 4. The lowest BCUT2D eigenvalue weighted by atomic mass is 10.1. The molecule has 0 aliphatic carbocycles. The molecule has 1 heterocycles. The van der Waals surface area contributed by atoms with Crippen LogP contribution in [-0.2, 0) is 13.0 Å². The van der Waals surface area contributed by atoms with Gasteiger partial charge in [0.05, 0.1) is 27.7 Å². The first-order valence-corrected chi connectivity index (χ1v) is 6.52. The van der Waals surface area contributed by atoms with Crippen molar-refractivity contribution < 1.29 is 4.92 Å². The average molecular weight is 296 g/mol. The van der Waals surface area contributed by atoms with E-state index in [9.17, 15) is 10.1 Å². The van der Waals surface area contributed by atoms with Gasteiger partial charge >= 0.3 is 0 Å². The molecule has 106 valence electrons. The van der Waals surface area contributed by atoms with E-state index in [1.54, 1.807) is 16.8 Å². The minimum Gasteiger partial charge on any atom is -0.381 e. The van der Waals surface area contributed by atoms with Gasteiger partial charge in [-0.25, -0.2) is 4.68 Å². The molecule has 1 aromatic carbocycles. The molecule has 0 saturated carbocycles. The summed E-state index contributed by atoms with van der Waals surface area (Å²) in [6, 6.07) is 4.58. The minimum absolute atomic E-state index is 0.0333. The maximum Gasteiger partial charge on any atom is 0.275 e. The molecule has 0 spiro atoms. The molecular weight excluding hydrogens is 282 g/mol. The monoisotopic (exact) mass is 295 g/mol. The smallest absolute Gasteiger partial charge is 0.275 e. The Morgan fingerprint density at radius 3 is 2.90 bits per heavy atom. The van der Waals surface area contributed by atoms with E-state index in [2.05, 4.69) is 10.3 Å². The van der Waals surface area contributed by atoms with E-state index in [1.807, 2.05) is 6.92 Å². The van der Waals surface area contributed by atoms with Crippen LogP contribution in [0.15, 0.2) is 18.2 Å².